The molecule has 1 aromatic carbocycles. The van der Waals surface area contributed by atoms with E-state index >= 15 is 0 Å². The monoisotopic (exact) mass is 384 g/mol. The molecule has 0 bridgehead atoms. The number of para-hydroxylation sites is 2. The molecule has 0 radical (unpaired) electrons. The van der Waals surface area contributed by atoms with E-state index in [4.69, 9.17) is 4.74 Å². The zero-order chi connectivity index (χ0) is 19.9. The molecule has 0 saturated carbocycles. The highest BCUT2D eigenvalue weighted by atomic mass is 16.5. The van der Waals surface area contributed by atoms with E-state index in [9.17, 15) is 4.79 Å². The van der Waals surface area contributed by atoms with Crippen molar-refractivity contribution in [3.05, 3.63) is 42.4 Å². The minimum absolute atomic E-state index is 0.168. The van der Waals surface area contributed by atoms with Gasteiger partial charge in [-0.25, -0.2) is 9.97 Å². The average Bonchev–Trinajstić information content (AvgIpc) is 2.73. The molecule has 2 aromatic rings. The maximum absolute atomic E-state index is 12.3. The fourth-order valence-electron chi connectivity index (χ4n) is 3.20. The highest BCUT2D eigenvalue weighted by molar-refractivity contribution is 5.92. The lowest BCUT2D eigenvalue weighted by molar-refractivity contribution is 0.0946. The summed E-state index contributed by atoms with van der Waals surface area (Å²) in [5.74, 6) is 1.50. The van der Waals surface area contributed by atoms with Crippen LogP contribution in [0.4, 0.5) is 11.5 Å². The van der Waals surface area contributed by atoms with Crippen molar-refractivity contribution in [3.8, 4) is 5.75 Å². The Morgan fingerprint density at radius 1 is 1.14 bits per heavy atom. The minimum Gasteiger partial charge on any atom is -0.495 e. The number of ether oxygens (including phenoxy) is 1. The summed E-state index contributed by atoms with van der Waals surface area (Å²) in [6.07, 6.45) is 1.46. The van der Waals surface area contributed by atoms with Gasteiger partial charge in [0.1, 0.15) is 23.6 Å². The lowest BCUT2D eigenvalue weighted by atomic mass is 10.2. The Hall–Kier alpha value is -2.87. The van der Waals surface area contributed by atoms with Gasteiger partial charge in [0.25, 0.3) is 5.91 Å². The second-order valence-electron chi connectivity index (χ2n) is 6.97. The van der Waals surface area contributed by atoms with Gasteiger partial charge in [-0.2, -0.15) is 0 Å². The van der Waals surface area contributed by atoms with Gasteiger partial charge in [0.15, 0.2) is 0 Å². The number of hydrogen-bond donors (Lipinski definition) is 1. The number of nitrogens with one attached hydrogen (secondary N) is 1. The Morgan fingerprint density at radius 3 is 2.57 bits per heavy atom. The fourth-order valence-corrected chi connectivity index (χ4v) is 3.20. The van der Waals surface area contributed by atoms with Crippen LogP contribution in [0.2, 0.25) is 0 Å². The number of piperazine rings is 1. The molecule has 8 heteroatoms. The smallest absolute Gasteiger partial charge is 0.270 e. The summed E-state index contributed by atoms with van der Waals surface area (Å²) in [6.45, 7) is 4.72. The zero-order valence-corrected chi connectivity index (χ0v) is 16.8. The van der Waals surface area contributed by atoms with Crippen molar-refractivity contribution >= 4 is 17.4 Å². The first-order chi connectivity index (χ1) is 13.6. The first-order valence-corrected chi connectivity index (χ1v) is 9.46. The van der Waals surface area contributed by atoms with Crippen LogP contribution < -0.4 is 19.9 Å². The highest BCUT2D eigenvalue weighted by Gasteiger charge is 2.21. The number of carbonyl (C=O) groups excluding carboxylic acids is 1. The molecule has 1 aliphatic heterocycles. The van der Waals surface area contributed by atoms with Crippen molar-refractivity contribution < 1.29 is 9.53 Å². The molecule has 1 amide bonds. The Kier molecular flexibility index (Phi) is 6.65. The Labute approximate surface area is 166 Å². The SMILES string of the molecule is COc1ccccc1N1CCN(c2cc(C(=O)NCCN(C)C)ncn2)CC1. The van der Waals surface area contributed by atoms with Crippen LogP contribution in [0.1, 0.15) is 10.5 Å². The van der Waals surface area contributed by atoms with Crippen molar-refractivity contribution in [1.29, 1.82) is 0 Å². The standard InChI is InChI=1S/C20H28N6O2/c1-24(2)9-8-21-20(27)16-14-19(23-15-22-16)26-12-10-25(11-13-26)17-6-4-5-7-18(17)28-3/h4-7,14-15H,8-13H2,1-3H3,(H,21,27). The quantitative estimate of drug-likeness (QED) is 0.766. The number of rotatable bonds is 7. The van der Waals surface area contributed by atoms with E-state index in [1.54, 1.807) is 13.2 Å². The predicted octanol–water partition coefficient (Wildman–Crippen LogP) is 1.10. The van der Waals surface area contributed by atoms with Gasteiger partial charge in [-0.1, -0.05) is 12.1 Å². The maximum atomic E-state index is 12.3. The summed E-state index contributed by atoms with van der Waals surface area (Å²) in [6, 6.07) is 9.83. The van der Waals surface area contributed by atoms with E-state index < -0.39 is 0 Å². The number of anilines is 2. The third-order valence-electron chi connectivity index (χ3n) is 4.76. The predicted molar refractivity (Wildman–Crippen MR) is 110 cm³/mol. The van der Waals surface area contributed by atoms with Crippen LogP contribution in [-0.4, -0.2) is 81.2 Å². The Balaban J connectivity index is 1.61. The fraction of sp³-hybridized carbons (Fsp3) is 0.450. The summed E-state index contributed by atoms with van der Waals surface area (Å²) < 4.78 is 5.48. The van der Waals surface area contributed by atoms with Crippen molar-refractivity contribution in [2.75, 3.05) is 70.3 Å². The molecule has 1 aromatic heterocycles. The van der Waals surface area contributed by atoms with Gasteiger partial charge in [0, 0.05) is 45.3 Å². The maximum Gasteiger partial charge on any atom is 0.270 e. The summed E-state index contributed by atoms with van der Waals surface area (Å²) in [4.78, 5) is 27.3. The van der Waals surface area contributed by atoms with Crippen molar-refractivity contribution in [1.82, 2.24) is 20.2 Å². The molecule has 1 fully saturated rings. The van der Waals surface area contributed by atoms with Gasteiger partial charge in [0.2, 0.25) is 0 Å². The molecule has 150 valence electrons. The second-order valence-corrected chi connectivity index (χ2v) is 6.97. The third kappa shape index (κ3) is 4.89. The van der Waals surface area contributed by atoms with Gasteiger partial charge in [0.05, 0.1) is 12.8 Å². The van der Waals surface area contributed by atoms with Gasteiger partial charge in [-0.05, 0) is 26.2 Å². The number of benzene rings is 1. The van der Waals surface area contributed by atoms with Crippen LogP contribution in [-0.2, 0) is 0 Å². The highest BCUT2D eigenvalue weighted by Crippen LogP contribution is 2.28. The first-order valence-electron chi connectivity index (χ1n) is 9.46. The first kappa shape index (κ1) is 19.9. The lowest BCUT2D eigenvalue weighted by Crippen LogP contribution is -2.47. The van der Waals surface area contributed by atoms with Crippen molar-refractivity contribution in [2.45, 2.75) is 0 Å². The second kappa shape index (κ2) is 9.36. The normalized spacial score (nSPS) is 14.3. The average molecular weight is 384 g/mol. The van der Waals surface area contributed by atoms with Gasteiger partial charge in [-0.15, -0.1) is 0 Å². The largest absolute Gasteiger partial charge is 0.495 e. The molecule has 0 unspecified atom stereocenters. The number of amides is 1. The molecule has 1 N–H and O–H groups in total. The lowest BCUT2D eigenvalue weighted by Gasteiger charge is -2.37. The van der Waals surface area contributed by atoms with Gasteiger partial charge < -0.3 is 24.8 Å². The molecule has 28 heavy (non-hydrogen) atoms. The van der Waals surface area contributed by atoms with Gasteiger partial charge >= 0.3 is 0 Å². The Morgan fingerprint density at radius 2 is 1.86 bits per heavy atom. The van der Waals surface area contributed by atoms with E-state index in [1.807, 2.05) is 37.2 Å². The summed E-state index contributed by atoms with van der Waals surface area (Å²) in [7, 11) is 5.64. The summed E-state index contributed by atoms with van der Waals surface area (Å²) in [5.41, 5.74) is 1.50. The molecule has 0 spiro atoms. The van der Waals surface area contributed by atoms with Gasteiger partial charge in [-0.3, -0.25) is 4.79 Å². The van der Waals surface area contributed by atoms with E-state index in [0.29, 0.717) is 12.2 Å². The van der Waals surface area contributed by atoms with Crippen LogP contribution in [0.15, 0.2) is 36.7 Å². The van der Waals surface area contributed by atoms with Crippen LogP contribution >= 0.6 is 0 Å². The van der Waals surface area contributed by atoms with Crippen LogP contribution in [0.25, 0.3) is 0 Å². The molecule has 0 aliphatic carbocycles. The number of aromatic nitrogens is 2. The number of methoxy groups -OCH3 is 1. The molecule has 0 atom stereocenters. The third-order valence-corrected chi connectivity index (χ3v) is 4.76. The van der Waals surface area contributed by atoms with Crippen molar-refractivity contribution in [3.63, 3.8) is 0 Å². The van der Waals surface area contributed by atoms with Crippen LogP contribution in [0.5, 0.6) is 5.75 Å². The molecule has 1 saturated heterocycles. The number of carbonyl (C=O) groups is 1. The van der Waals surface area contributed by atoms with E-state index in [0.717, 1.165) is 50.0 Å². The molecule has 2 heterocycles. The minimum atomic E-state index is -0.168. The topological polar surface area (TPSA) is 73.8 Å². The number of likely N-dealkylation sites (N-methyl/N-ethyl adjacent to an activating group) is 1. The van der Waals surface area contributed by atoms with E-state index in [-0.39, 0.29) is 5.91 Å². The Bertz CT molecular complexity index is 790. The molecular formula is C20H28N6O2. The van der Waals surface area contributed by atoms with E-state index in [2.05, 4.69) is 31.2 Å². The zero-order valence-electron chi connectivity index (χ0n) is 16.8. The van der Waals surface area contributed by atoms with Crippen LogP contribution in [0.3, 0.4) is 0 Å². The van der Waals surface area contributed by atoms with Crippen LogP contribution in [0, 0.1) is 0 Å². The molecule has 3 rings (SSSR count). The molecule has 8 nitrogen and oxygen atoms in total. The number of nitrogens with zero attached hydrogens (tertiary/aromatic N) is 5. The number of hydrogen-bond acceptors (Lipinski definition) is 7. The molecule has 1 aliphatic rings. The van der Waals surface area contributed by atoms with Crippen molar-refractivity contribution in [2.24, 2.45) is 0 Å². The van der Waals surface area contributed by atoms with E-state index in [1.165, 1.54) is 6.33 Å². The summed E-state index contributed by atoms with van der Waals surface area (Å²) >= 11 is 0. The molecular weight excluding hydrogens is 356 g/mol. The summed E-state index contributed by atoms with van der Waals surface area (Å²) in [5, 5.41) is 2.89.